The maximum absolute atomic E-state index is 6.12. The minimum atomic E-state index is 0.699. The zero-order chi connectivity index (χ0) is 15.8. The summed E-state index contributed by atoms with van der Waals surface area (Å²) in [5.74, 6) is 2.36. The van der Waals surface area contributed by atoms with Crippen LogP contribution in [0.25, 0.3) is 0 Å². The molecule has 1 saturated heterocycles. The van der Waals surface area contributed by atoms with Gasteiger partial charge in [-0.1, -0.05) is 26.0 Å². The minimum absolute atomic E-state index is 0.699. The number of hydrogen-bond donors (Lipinski definition) is 1. The van der Waals surface area contributed by atoms with E-state index in [0.717, 1.165) is 50.8 Å². The van der Waals surface area contributed by atoms with Crippen LogP contribution in [0.2, 0.25) is 0 Å². The summed E-state index contributed by atoms with van der Waals surface area (Å²) in [6.07, 6.45) is 4.44. The molecule has 1 heterocycles. The first kappa shape index (κ1) is 16.7. The van der Waals surface area contributed by atoms with Gasteiger partial charge < -0.3 is 15.4 Å². The molecule has 1 aliphatic rings. The zero-order valence-corrected chi connectivity index (χ0v) is 13.9. The van der Waals surface area contributed by atoms with Crippen molar-refractivity contribution in [3.05, 3.63) is 29.8 Å². The summed E-state index contributed by atoms with van der Waals surface area (Å²) >= 11 is 0. The third-order valence-electron chi connectivity index (χ3n) is 4.03. The second-order valence-corrected chi connectivity index (χ2v) is 6.18. The van der Waals surface area contributed by atoms with Crippen LogP contribution in [-0.2, 0) is 6.42 Å². The van der Waals surface area contributed by atoms with E-state index in [0.29, 0.717) is 5.96 Å². The topological polar surface area (TPSA) is 50.9 Å². The number of rotatable bonds is 6. The molecule has 0 amide bonds. The maximum Gasteiger partial charge on any atom is 0.191 e. The van der Waals surface area contributed by atoms with E-state index in [2.05, 4.69) is 35.9 Å². The predicted octanol–water partition coefficient (Wildman–Crippen LogP) is 3.06. The Hall–Kier alpha value is -1.71. The first-order chi connectivity index (χ1) is 10.7. The molecule has 4 nitrogen and oxygen atoms in total. The summed E-state index contributed by atoms with van der Waals surface area (Å²) in [6.45, 7) is 7.97. The van der Waals surface area contributed by atoms with E-state index in [4.69, 9.17) is 10.5 Å². The van der Waals surface area contributed by atoms with Crippen LogP contribution in [0.5, 0.6) is 5.75 Å². The van der Waals surface area contributed by atoms with E-state index in [9.17, 15) is 0 Å². The summed E-state index contributed by atoms with van der Waals surface area (Å²) in [6, 6.07) is 8.27. The fourth-order valence-corrected chi connectivity index (χ4v) is 2.81. The average Bonchev–Trinajstić information content (AvgIpc) is 2.53. The van der Waals surface area contributed by atoms with Gasteiger partial charge in [0.1, 0.15) is 5.75 Å². The van der Waals surface area contributed by atoms with Gasteiger partial charge in [-0.2, -0.15) is 0 Å². The van der Waals surface area contributed by atoms with Crippen LogP contribution in [-0.4, -0.2) is 37.1 Å². The molecule has 0 aliphatic carbocycles. The molecule has 1 aliphatic heterocycles. The van der Waals surface area contributed by atoms with Crippen LogP contribution in [0.1, 0.15) is 38.7 Å². The molecule has 1 aromatic carbocycles. The molecule has 2 N–H and O–H groups in total. The molecule has 0 bridgehead atoms. The molecule has 1 unspecified atom stereocenters. The normalized spacial score (nSPS) is 19.3. The van der Waals surface area contributed by atoms with E-state index in [1.807, 2.05) is 12.1 Å². The van der Waals surface area contributed by atoms with Gasteiger partial charge in [0.2, 0.25) is 0 Å². The average molecular weight is 303 g/mol. The number of hydrogen-bond acceptors (Lipinski definition) is 2. The standard InChI is InChI=1S/C18H29N3O/c1-3-12-22-17-8-4-7-16(13-17)9-10-20-18(19)21-11-5-6-15(2)14-21/h4,7-8,13,15H,3,5-6,9-12,14H2,1-2H3,(H2,19,20). The van der Waals surface area contributed by atoms with E-state index >= 15 is 0 Å². The number of likely N-dealkylation sites (tertiary alicyclic amines) is 1. The molecule has 0 radical (unpaired) electrons. The number of nitrogens with zero attached hydrogens (tertiary/aromatic N) is 2. The van der Waals surface area contributed by atoms with Gasteiger partial charge in [0.25, 0.3) is 0 Å². The highest BCUT2D eigenvalue weighted by Gasteiger charge is 2.17. The van der Waals surface area contributed by atoms with Crippen LogP contribution in [0.3, 0.4) is 0 Å². The molecule has 0 spiro atoms. The molecule has 22 heavy (non-hydrogen) atoms. The lowest BCUT2D eigenvalue weighted by Gasteiger charge is -2.31. The van der Waals surface area contributed by atoms with Crippen molar-refractivity contribution >= 4 is 5.96 Å². The van der Waals surface area contributed by atoms with Crippen molar-refractivity contribution < 1.29 is 4.74 Å². The van der Waals surface area contributed by atoms with Crippen LogP contribution in [0.4, 0.5) is 0 Å². The molecular weight excluding hydrogens is 274 g/mol. The van der Waals surface area contributed by atoms with Gasteiger partial charge in [-0.25, -0.2) is 0 Å². The van der Waals surface area contributed by atoms with Crippen molar-refractivity contribution in [2.24, 2.45) is 16.6 Å². The molecular formula is C18H29N3O. The quantitative estimate of drug-likeness (QED) is 0.649. The zero-order valence-electron chi connectivity index (χ0n) is 13.9. The molecule has 122 valence electrons. The molecule has 2 rings (SSSR count). The van der Waals surface area contributed by atoms with Crippen LogP contribution in [0.15, 0.2) is 29.3 Å². The fraction of sp³-hybridized carbons (Fsp3) is 0.611. The van der Waals surface area contributed by atoms with Crippen LogP contribution in [0, 0.1) is 5.92 Å². The Kier molecular flexibility index (Phi) is 6.56. The highest BCUT2D eigenvalue weighted by Crippen LogP contribution is 2.16. The minimum Gasteiger partial charge on any atom is -0.494 e. The second kappa shape index (κ2) is 8.66. The van der Waals surface area contributed by atoms with Crippen molar-refractivity contribution in [1.29, 1.82) is 0 Å². The van der Waals surface area contributed by atoms with E-state index < -0.39 is 0 Å². The van der Waals surface area contributed by atoms with Crippen molar-refractivity contribution in [2.45, 2.75) is 39.5 Å². The number of ether oxygens (including phenoxy) is 1. The Morgan fingerprint density at radius 1 is 1.45 bits per heavy atom. The Balaban J connectivity index is 1.83. The third kappa shape index (κ3) is 5.24. The smallest absolute Gasteiger partial charge is 0.191 e. The molecule has 1 fully saturated rings. The van der Waals surface area contributed by atoms with Gasteiger partial charge in [0.05, 0.1) is 6.61 Å². The Bertz CT molecular complexity index is 487. The van der Waals surface area contributed by atoms with Crippen LogP contribution < -0.4 is 10.5 Å². The number of aliphatic imine (C=N–C) groups is 1. The summed E-state index contributed by atoms with van der Waals surface area (Å²) in [5, 5.41) is 0. The Morgan fingerprint density at radius 3 is 3.09 bits per heavy atom. The second-order valence-electron chi connectivity index (χ2n) is 6.18. The molecule has 4 heteroatoms. The summed E-state index contributed by atoms with van der Waals surface area (Å²) in [7, 11) is 0. The van der Waals surface area contributed by atoms with Crippen LogP contribution >= 0.6 is 0 Å². The van der Waals surface area contributed by atoms with Gasteiger partial charge in [0, 0.05) is 19.6 Å². The molecule has 1 aromatic rings. The SMILES string of the molecule is CCCOc1cccc(CCN=C(N)N2CCCC(C)C2)c1. The van der Waals surface area contributed by atoms with Crippen molar-refractivity contribution in [3.63, 3.8) is 0 Å². The first-order valence-electron chi connectivity index (χ1n) is 8.45. The van der Waals surface area contributed by atoms with Gasteiger partial charge in [-0.05, 0) is 49.3 Å². The van der Waals surface area contributed by atoms with Gasteiger partial charge >= 0.3 is 0 Å². The Morgan fingerprint density at radius 2 is 2.32 bits per heavy atom. The van der Waals surface area contributed by atoms with Crippen molar-refractivity contribution in [1.82, 2.24) is 4.90 Å². The monoisotopic (exact) mass is 303 g/mol. The van der Waals surface area contributed by atoms with E-state index in [1.165, 1.54) is 18.4 Å². The summed E-state index contributed by atoms with van der Waals surface area (Å²) < 4.78 is 5.66. The number of guanidine groups is 1. The lowest BCUT2D eigenvalue weighted by molar-refractivity contribution is 0.270. The summed E-state index contributed by atoms with van der Waals surface area (Å²) in [4.78, 5) is 6.77. The Labute approximate surface area is 134 Å². The highest BCUT2D eigenvalue weighted by atomic mass is 16.5. The first-order valence-corrected chi connectivity index (χ1v) is 8.45. The third-order valence-corrected chi connectivity index (χ3v) is 4.03. The van der Waals surface area contributed by atoms with Crippen molar-refractivity contribution in [3.8, 4) is 5.75 Å². The van der Waals surface area contributed by atoms with Crippen molar-refractivity contribution in [2.75, 3.05) is 26.2 Å². The van der Waals surface area contributed by atoms with Gasteiger partial charge in [-0.3, -0.25) is 4.99 Å². The highest BCUT2D eigenvalue weighted by molar-refractivity contribution is 5.78. The van der Waals surface area contributed by atoms with E-state index in [1.54, 1.807) is 0 Å². The maximum atomic E-state index is 6.12. The molecule has 0 aromatic heterocycles. The van der Waals surface area contributed by atoms with E-state index in [-0.39, 0.29) is 0 Å². The number of piperidine rings is 1. The predicted molar refractivity (Wildman–Crippen MR) is 92.4 cm³/mol. The summed E-state index contributed by atoms with van der Waals surface area (Å²) in [5.41, 5.74) is 7.37. The largest absolute Gasteiger partial charge is 0.494 e. The fourth-order valence-electron chi connectivity index (χ4n) is 2.81. The lowest BCUT2D eigenvalue weighted by atomic mass is 10.0. The lowest BCUT2D eigenvalue weighted by Crippen LogP contribution is -2.43. The molecule has 0 saturated carbocycles. The number of nitrogens with two attached hydrogens (primary N) is 1. The molecule has 1 atom stereocenters. The van der Waals surface area contributed by atoms with Gasteiger partial charge in [-0.15, -0.1) is 0 Å². The van der Waals surface area contributed by atoms with Gasteiger partial charge in [0.15, 0.2) is 5.96 Å². The number of benzene rings is 1.